The highest BCUT2D eigenvalue weighted by atomic mass is 79.9. The van der Waals surface area contributed by atoms with Crippen LogP contribution in [-0.2, 0) is 0 Å². The second-order valence-corrected chi connectivity index (χ2v) is 4.24. The van der Waals surface area contributed by atoms with E-state index < -0.39 is 0 Å². The van der Waals surface area contributed by atoms with Crippen molar-refractivity contribution in [1.29, 1.82) is 0 Å². The standard InChI is InChI=1S/C9H13BrClN3O/c10-7-8(13-6-14-9(7)15)12-5-3-1-2-4-11/h6H,1-5H2,(H2,12,13,14,15). The zero-order valence-electron chi connectivity index (χ0n) is 8.22. The van der Waals surface area contributed by atoms with Crippen LogP contribution < -0.4 is 10.9 Å². The molecule has 0 atom stereocenters. The highest BCUT2D eigenvalue weighted by Crippen LogP contribution is 2.13. The van der Waals surface area contributed by atoms with Crippen LogP contribution in [0.15, 0.2) is 15.6 Å². The van der Waals surface area contributed by atoms with E-state index in [1.165, 1.54) is 6.33 Å². The number of hydrogen-bond donors (Lipinski definition) is 2. The van der Waals surface area contributed by atoms with Gasteiger partial charge >= 0.3 is 0 Å². The van der Waals surface area contributed by atoms with Crippen molar-refractivity contribution in [1.82, 2.24) is 9.97 Å². The topological polar surface area (TPSA) is 57.8 Å². The number of nitrogens with one attached hydrogen (secondary N) is 2. The van der Waals surface area contributed by atoms with Crippen LogP contribution in [0.3, 0.4) is 0 Å². The Bertz CT molecular complexity index is 355. The number of halogens is 2. The average Bonchev–Trinajstić information content (AvgIpc) is 2.24. The molecule has 1 aromatic heterocycles. The first-order chi connectivity index (χ1) is 7.25. The highest BCUT2D eigenvalue weighted by molar-refractivity contribution is 9.10. The molecule has 15 heavy (non-hydrogen) atoms. The first-order valence-corrected chi connectivity index (χ1v) is 6.11. The SMILES string of the molecule is O=c1[nH]cnc(NCCCCCCl)c1Br. The van der Waals surface area contributed by atoms with Crippen LogP contribution in [0.1, 0.15) is 19.3 Å². The van der Waals surface area contributed by atoms with Gasteiger partial charge in [0.15, 0.2) is 0 Å². The maximum Gasteiger partial charge on any atom is 0.267 e. The molecule has 0 fully saturated rings. The van der Waals surface area contributed by atoms with Crippen LogP contribution in [0, 0.1) is 0 Å². The van der Waals surface area contributed by atoms with Gasteiger partial charge in [0, 0.05) is 12.4 Å². The molecule has 0 saturated heterocycles. The third kappa shape index (κ3) is 4.22. The molecule has 0 radical (unpaired) electrons. The lowest BCUT2D eigenvalue weighted by molar-refractivity contribution is 0.745. The van der Waals surface area contributed by atoms with E-state index in [2.05, 4.69) is 31.2 Å². The van der Waals surface area contributed by atoms with Crippen LogP contribution in [0.2, 0.25) is 0 Å². The van der Waals surface area contributed by atoms with Crippen molar-refractivity contribution in [3.8, 4) is 0 Å². The first-order valence-electron chi connectivity index (χ1n) is 4.78. The summed E-state index contributed by atoms with van der Waals surface area (Å²) in [5.41, 5.74) is -0.173. The number of hydrogen-bond acceptors (Lipinski definition) is 3. The van der Waals surface area contributed by atoms with Gasteiger partial charge in [-0.3, -0.25) is 4.79 Å². The molecule has 2 N–H and O–H groups in total. The molecular formula is C9H13BrClN3O. The number of alkyl halides is 1. The van der Waals surface area contributed by atoms with Crippen LogP contribution in [0.5, 0.6) is 0 Å². The first kappa shape index (κ1) is 12.5. The van der Waals surface area contributed by atoms with Crippen LogP contribution in [-0.4, -0.2) is 22.4 Å². The number of anilines is 1. The zero-order valence-corrected chi connectivity index (χ0v) is 10.6. The quantitative estimate of drug-likeness (QED) is 0.625. The summed E-state index contributed by atoms with van der Waals surface area (Å²) in [6, 6.07) is 0. The van der Waals surface area contributed by atoms with Crippen LogP contribution >= 0.6 is 27.5 Å². The molecule has 0 spiro atoms. The van der Waals surface area contributed by atoms with E-state index in [1.54, 1.807) is 0 Å². The predicted molar refractivity (Wildman–Crippen MR) is 65.6 cm³/mol. The molecular weight excluding hydrogens is 281 g/mol. The number of nitrogens with zero attached hydrogens (tertiary/aromatic N) is 1. The Morgan fingerprint density at radius 1 is 1.47 bits per heavy atom. The number of H-pyrrole nitrogens is 1. The summed E-state index contributed by atoms with van der Waals surface area (Å²) in [7, 11) is 0. The lowest BCUT2D eigenvalue weighted by Crippen LogP contribution is -2.12. The van der Waals surface area contributed by atoms with Gasteiger partial charge in [0.25, 0.3) is 5.56 Å². The second-order valence-electron chi connectivity index (χ2n) is 3.07. The molecule has 6 heteroatoms. The van der Waals surface area contributed by atoms with Gasteiger partial charge < -0.3 is 10.3 Å². The van der Waals surface area contributed by atoms with E-state index in [0.29, 0.717) is 16.2 Å². The molecule has 0 amide bonds. The summed E-state index contributed by atoms with van der Waals surface area (Å²) >= 11 is 8.73. The minimum absolute atomic E-state index is 0.173. The molecule has 0 aliphatic carbocycles. The van der Waals surface area contributed by atoms with E-state index >= 15 is 0 Å². The Kier molecular flexibility index (Phi) is 5.71. The molecule has 0 bridgehead atoms. The average molecular weight is 295 g/mol. The van der Waals surface area contributed by atoms with Crippen molar-refractivity contribution in [2.75, 3.05) is 17.7 Å². The molecule has 1 rings (SSSR count). The van der Waals surface area contributed by atoms with Crippen LogP contribution in [0.4, 0.5) is 5.82 Å². The number of aromatic nitrogens is 2. The fraction of sp³-hybridized carbons (Fsp3) is 0.556. The van der Waals surface area contributed by atoms with Gasteiger partial charge in [-0.2, -0.15) is 0 Å². The zero-order chi connectivity index (χ0) is 11.1. The molecule has 1 heterocycles. The Morgan fingerprint density at radius 3 is 3.00 bits per heavy atom. The van der Waals surface area contributed by atoms with Crippen molar-refractivity contribution >= 4 is 33.3 Å². The number of unbranched alkanes of at least 4 members (excludes halogenated alkanes) is 2. The summed E-state index contributed by atoms with van der Waals surface area (Å²) in [5, 5.41) is 3.09. The predicted octanol–water partition coefficient (Wildman–Crippen LogP) is 2.35. The summed E-state index contributed by atoms with van der Waals surface area (Å²) < 4.78 is 0.447. The maximum absolute atomic E-state index is 11.2. The molecule has 0 aliphatic heterocycles. The highest BCUT2D eigenvalue weighted by Gasteiger charge is 2.03. The van der Waals surface area contributed by atoms with E-state index in [1.807, 2.05) is 0 Å². The van der Waals surface area contributed by atoms with E-state index in [9.17, 15) is 4.79 Å². The van der Waals surface area contributed by atoms with Crippen molar-refractivity contribution in [3.05, 3.63) is 21.2 Å². The Labute approximate surface area is 102 Å². The Hall–Kier alpha value is -0.550. The summed E-state index contributed by atoms with van der Waals surface area (Å²) in [6.45, 7) is 0.798. The Morgan fingerprint density at radius 2 is 2.27 bits per heavy atom. The smallest absolute Gasteiger partial charge is 0.267 e. The normalized spacial score (nSPS) is 10.3. The van der Waals surface area contributed by atoms with E-state index in [4.69, 9.17) is 11.6 Å². The van der Waals surface area contributed by atoms with Gasteiger partial charge in [0.1, 0.15) is 10.3 Å². The fourth-order valence-corrected chi connectivity index (χ4v) is 1.66. The largest absolute Gasteiger partial charge is 0.369 e. The number of aromatic amines is 1. The molecule has 0 saturated carbocycles. The van der Waals surface area contributed by atoms with Crippen molar-refractivity contribution in [2.24, 2.45) is 0 Å². The molecule has 84 valence electrons. The lowest BCUT2D eigenvalue weighted by atomic mass is 10.2. The third-order valence-electron chi connectivity index (χ3n) is 1.90. The third-order valence-corrected chi connectivity index (χ3v) is 2.90. The summed E-state index contributed by atoms with van der Waals surface area (Å²) in [4.78, 5) is 17.7. The minimum atomic E-state index is -0.173. The van der Waals surface area contributed by atoms with Gasteiger partial charge in [-0.15, -0.1) is 11.6 Å². The van der Waals surface area contributed by atoms with Gasteiger partial charge in [-0.25, -0.2) is 4.98 Å². The molecule has 1 aromatic rings. The summed E-state index contributed by atoms with van der Waals surface area (Å²) in [5.74, 6) is 1.29. The lowest BCUT2D eigenvalue weighted by Gasteiger charge is -2.05. The van der Waals surface area contributed by atoms with E-state index in [-0.39, 0.29) is 5.56 Å². The fourth-order valence-electron chi connectivity index (χ4n) is 1.11. The number of rotatable bonds is 6. The summed E-state index contributed by atoms with van der Waals surface area (Å²) in [6.07, 6.45) is 4.51. The maximum atomic E-state index is 11.2. The van der Waals surface area contributed by atoms with Crippen LogP contribution in [0.25, 0.3) is 0 Å². The van der Waals surface area contributed by atoms with Gasteiger partial charge in [-0.1, -0.05) is 6.42 Å². The van der Waals surface area contributed by atoms with E-state index in [0.717, 1.165) is 25.8 Å². The minimum Gasteiger partial charge on any atom is -0.369 e. The van der Waals surface area contributed by atoms with Crippen molar-refractivity contribution in [3.63, 3.8) is 0 Å². The van der Waals surface area contributed by atoms with Gasteiger partial charge in [0.05, 0.1) is 6.33 Å². The van der Waals surface area contributed by atoms with Crippen molar-refractivity contribution in [2.45, 2.75) is 19.3 Å². The van der Waals surface area contributed by atoms with Gasteiger partial charge in [0.2, 0.25) is 0 Å². The molecule has 4 nitrogen and oxygen atoms in total. The second kappa shape index (κ2) is 6.85. The van der Waals surface area contributed by atoms with Crippen molar-refractivity contribution < 1.29 is 0 Å². The monoisotopic (exact) mass is 293 g/mol. The Balaban J connectivity index is 2.38. The molecule has 0 unspecified atom stereocenters. The van der Waals surface area contributed by atoms with Gasteiger partial charge in [-0.05, 0) is 28.8 Å². The molecule has 0 aromatic carbocycles. The molecule has 0 aliphatic rings.